The summed E-state index contributed by atoms with van der Waals surface area (Å²) in [5, 5.41) is 5.49. The predicted octanol–water partition coefficient (Wildman–Crippen LogP) is 4.10. The number of benzene rings is 3. The molecule has 0 radical (unpaired) electrons. The van der Waals surface area contributed by atoms with Crippen LogP contribution in [0.1, 0.15) is 15.9 Å². The molecule has 4 rings (SSSR count). The first-order valence-electron chi connectivity index (χ1n) is 9.14. The third kappa shape index (κ3) is 3.47. The van der Waals surface area contributed by atoms with Gasteiger partial charge in [0, 0.05) is 42.8 Å². The van der Waals surface area contributed by atoms with Gasteiger partial charge in [-0.3, -0.25) is 4.79 Å². The first kappa shape index (κ1) is 17.8. The monoisotopic (exact) mass is 370 g/mol. The molecule has 140 valence electrons. The topological polar surface area (TPSA) is 64.2 Å². The van der Waals surface area contributed by atoms with E-state index in [2.05, 4.69) is 5.10 Å². The molecule has 2 N–H and O–H groups in total. The van der Waals surface area contributed by atoms with Crippen LogP contribution < -0.4 is 10.6 Å². The Balaban J connectivity index is 1.56. The van der Waals surface area contributed by atoms with Crippen molar-refractivity contribution in [3.63, 3.8) is 0 Å². The predicted molar refractivity (Wildman–Crippen MR) is 114 cm³/mol. The summed E-state index contributed by atoms with van der Waals surface area (Å²) in [6.45, 7) is 0. The van der Waals surface area contributed by atoms with Gasteiger partial charge in [-0.2, -0.15) is 5.10 Å². The van der Waals surface area contributed by atoms with Crippen LogP contribution in [0.5, 0.6) is 0 Å². The highest BCUT2D eigenvalue weighted by Gasteiger charge is 2.10. The third-order valence-corrected chi connectivity index (χ3v) is 4.84. The van der Waals surface area contributed by atoms with Crippen molar-refractivity contribution in [1.29, 1.82) is 0 Å². The van der Waals surface area contributed by atoms with E-state index in [0.717, 1.165) is 39.1 Å². The van der Waals surface area contributed by atoms with Crippen LogP contribution in [0.3, 0.4) is 0 Å². The molecule has 0 bridgehead atoms. The molecule has 0 saturated heterocycles. The van der Waals surface area contributed by atoms with Crippen molar-refractivity contribution in [2.45, 2.75) is 6.42 Å². The number of nitrogens with two attached hydrogens (primary N) is 1. The number of aromatic nitrogens is 2. The Morgan fingerprint density at radius 3 is 2.39 bits per heavy atom. The van der Waals surface area contributed by atoms with E-state index in [4.69, 9.17) is 5.73 Å². The molecule has 3 aromatic carbocycles. The molecule has 0 aliphatic rings. The second-order valence-electron chi connectivity index (χ2n) is 7.08. The maximum atomic E-state index is 12.6. The fourth-order valence-electron chi connectivity index (χ4n) is 3.25. The lowest BCUT2D eigenvalue weighted by Crippen LogP contribution is -2.09. The summed E-state index contributed by atoms with van der Waals surface area (Å²) < 4.78 is 1.88. The van der Waals surface area contributed by atoms with Gasteiger partial charge in [-0.15, -0.1) is 0 Å². The number of ketones is 1. The molecule has 1 aromatic heterocycles. The number of nitrogen functional groups attached to an aromatic ring is 1. The fourth-order valence-corrected chi connectivity index (χ4v) is 3.25. The number of hydrogen-bond donors (Lipinski definition) is 1. The maximum Gasteiger partial charge on any atom is 0.167 e. The third-order valence-electron chi connectivity index (χ3n) is 4.84. The molecular formula is C23H22N4O. The zero-order chi connectivity index (χ0) is 19.7. The fraction of sp³-hybridized carbons (Fsp3) is 0.130. The number of rotatable bonds is 5. The van der Waals surface area contributed by atoms with E-state index in [1.165, 1.54) is 0 Å². The summed E-state index contributed by atoms with van der Waals surface area (Å²) in [5.41, 5.74) is 11.2. The van der Waals surface area contributed by atoms with Gasteiger partial charge in [0.2, 0.25) is 0 Å². The Labute approximate surface area is 164 Å². The van der Waals surface area contributed by atoms with Crippen molar-refractivity contribution in [3.05, 3.63) is 84.1 Å². The smallest absolute Gasteiger partial charge is 0.167 e. The molecule has 5 heteroatoms. The van der Waals surface area contributed by atoms with E-state index in [9.17, 15) is 4.79 Å². The van der Waals surface area contributed by atoms with Crippen molar-refractivity contribution in [2.24, 2.45) is 0 Å². The van der Waals surface area contributed by atoms with Crippen molar-refractivity contribution >= 4 is 28.1 Å². The Morgan fingerprint density at radius 1 is 1.00 bits per heavy atom. The second-order valence-corrected chi connectivity index (χ2v) is 7.08. The van der Waals surface area contributed by atoms with Crippen LogP contribution in [-0.2, 0) is 6.42 Å². The van der Waals surface area contributed by atoms with Gasteiger partial charge >= 0.3 is 0 Å². The SMILES string of the molecule is CN(C)c1ccc(C(=O)Cc2ccc3c(cnn3-c3ccc(N)cc3)c2)cc1. The highest BCUT2D eigenvalue weighted by molar-refractivity contribution is 5.98. The quantitative estimate of drug-likeness (QED) is 0.424. The summed E-state index contributed by atoms with van der Waals surface area (Å²) in [6.07, 6.45) is 2.19. The molecule has 1 heterocycles. The minimum absolute atomic E-state index is 0.107. The first-order chi connectivity index (χ1) is 13.5. The summed E-state index contributed by atoms with van der Waals surface area (Å²) in [5.74, 6) is 0.107. The van der Waals surface area contributed by atoms with E-state index in [0.29, 0.717) is 6.42 Å². The molecule has 5 nitrogen and oxygen atoms in total. The Hall–Kier alpha value is -3.60. The highest BCUT2D eigenvalue weighted by atomic mass is 16.1. The molecule has 0 aliphatic carbocycles. The molecule has 4 aromatic rings. The second kappa shape index (κ2) is 7.19. The molecule has 0 aliphatic heterocycles. The Bertz CT molecular complexity index is 1130. The largest absolute Gasteiger partial charge is 0.399 e. The lowest BCUT2D eigenvalue weighted by molar-refractivity contribution is 0.0993. The van der Waals surface area contributed by atoms with Gasteiger partial charge in [0.1, 0.15) is 0 Å². The van der Waals surface area contributed by atoms with Gasteiger partial charge < -0.3 is 10.6 Å². The van der Waals surface area contributed by atoms with Crippen LogP contribution in [0, 0.1) is 0 Å². The number of carbonyl (C=O) groups excluding carboxylic acids is 1. The molecule has 0 saturated carbocycles. The summed E-state index contributed by atoms with van der Waals surface area (Å²) in [4.78, 5) is 14.7. The number of nitrogens with zero attached hydrogens (tertiary/aromatic N) is 3. The number of Topliss-reactive ketones (excluding diaryl/α,β-unsaturated/α-hetero) is 1. The summed E-state index contributed by atoms with van der Waals surface area (Å²) in [7, 11) is 3.97. The molecule has 0 amide bonds. The van der Waals surface area contributed by atoms with Gasteiger partial charge in [-0.25, -0.2) is 4.68 Å². The minimum atomic E-state index is 0.107. The van der Waals surface area contributed by atoms with Crippen molar-refractivity contribution < 1.29 is 4.79 Å². The van der Waals surface area contributed by atoms with Gasteiger partial charge in [0.15, 0.2) is 5.78 Å². The lowest BCUT2D eigenvalue weighted by Gasteiger charge is -2.12. The zero-order valence-corrected chi connectivity index (χ0v) is 16.0. The molecule has 0 atom stereocenters. The normalized spacial score (nSPS) is 10.9. The van der Waals surface area contributed by atoms with Crippen molar-refractivity contribution in [1.82, 2.24) is 9.78 Å². The minimum Gasteiger partial charge on any atom is -0.399 e. The van der Waals surface area contributed by atoms with Crippen LogP contribution in [0.25, 0.3) is 16.6 Å². The molecule has 0 spiro atoms. The molecule has 28 heavy (non-hydrogen) atoms. The van der Waals surface area contributed by atoms with E-state index in [1.54, 1.807) is 0 Å². The lowest BCUT2D eigenvalue weighted by atomic mass is 10.0. The molecular weight excluding hydrogens is 348 g/mol. The van der Waals surface area contributed by atoms with Crippen LogP contribution in [0.15, 0.2) is 72.9 Å². The maximum absolute atomic E-state index is 12.6. The van der Waals surface area contributed by atoms with Crippen LogP contribution in [0.2, 0.25) is 0 Å². The van der Waals surface area contributed by atoms with Gasteiger partial charge in [-0.05, 0) is 66.2 Å². The standard InChI is InChI=1S/C23H22N4O/c1-26(2)20-8-4-17(5-9-20)23(28)14-16-3-12-22-18(13-16)15-25-27(22)21-10-6-19(24)7-11-21/h3-13,15H,14,24H2,1-2H3. The van der Waals surface area contributed by atoms with Crippen LogP contribution in [-0.4, -0.2) is 29.7 Å². The first-order valence-corrected chi connectivity index (χ1v) is 9.14. The van der Waals surface area contributed by atoms with Gasteiger partial charge in [0.05, 0.1) is 17.4 Å². The highest BCUT2D eigenvalue weighted by Crippen LogP contribution is 2.22. The number of carbonyl (C=O) groups is 1. The van der Waals surface area contributed by atoms with E-state index < -0.39 is 0 Å². The van der Waals surface area contributed by atoms with E-state index in [1.807, 2.05) is 96.6 Å². The summed E-state index contributed by atoms with van der Waals surface area (Å²) in [6, 6.07) is 21.3. The van der Waals surface area contributed by atoms with Crippen molar-refractivity contribution in [2.75, 3.05) is 24.7 Å². The number of fused-ring (bicyclic) bond motifs is 1. The van der Waals surface area contributed by atoms with Crippen LogP contribution >= 0.6 is 0 Å². The number of anilines is 2. The summed E-state index contributed by atoms with van der Waals surface area (Å²) >= 11 is 0. The Morgan fingerprint density at radius 2 is 1.71 bits per heavy atom. The average Bonchev–Trinajstić information content (AvgIpc) is 3.12. The van der Waals surface area contributed by atoms with Gasteiger partial charge in [0.25, 0.3) is 0 Å². The molecule has 0 unspecified atom stereocenters. The van der Waals surface area contributed by atoms with Crippen LogP contribution in [0.4, 0.5) is 11.4 Å². The van der Waals surface area contributed by atoms with Gasteiger partial charge in [-0.1, -0.05) is 6.07 Å². The average molecular weight is 370 g/mol. The van der Waals surface area contributed by atoms with Crippen molar-refractivity contribution in [3.8, 4) is 5.69 Å². The number of hydrogen-bond acceptors (Lipinski definition) is 4. The van der Waals surface area contributed by atoms with E-state index >= 15 is 0 Å². The Kier molecular flexibility index (Phi) is 4.57. The molecule has 0 fully saturated rings. The zero-order valence-electron chi connectivity index (χ0n) is 16.0. The van der Waals surface area contributed by atoms with E-state index in [-0.39, 0.29) is 5.78 Å².